The van der Waals surface area contributed by atoms with Crippen LogP contribution in [0.15, 0.2) is 60.7 Å². The molecule has 2 aromatic rings. The Balaban J connectivity index is 1.95. The Morgan fingerprint density at radius 1 is 0.762 bits per heavy atom. The predicted octanol–water partition coefficient (Wildman–Crippen LogP) is 4.57. The molecule has 0 heterocycles. The lowest BCUT2D eigenvalue weighted by molar-refractivity contribution is 0.122. The summed E-state index contributed by atoms with van der Waals surface area (Å²) in [6.45, 7) is 5.59. The van der Waals surface area contributed by atoms with Crippen molar-refractivity contribution >= 4 is 0 Å². The molecule has 0 saturated heterocycles. The second-order valence-electron chi connectivity index (χ2n) is 6.03. The minimum atomic E-state index is 0.596. The Morgan fingerprint density at radius 3 is 1.76 bits per heavy atom. The first-order chi connectivity index (χ1) is 10.4. The lowest BCUT2D eigenvalue weighted by Crippen LogP contribution is -2.55. The maximum Gasteiger partial charge on any atom is 0.0176 e. The van der Waals surface area contributed by atoms with Gasteiger partial charge in [0.15, 0.2) is 0 Å². The Bertz CT molecular complexity index is 549. The average Bonchev–Trinajstić information content (AvgIpc) is 2.53. The number of likely N-dealkylation sites (N-methyl/N-ethyl adjacent to an activating group) is 1. The first-order valence-electron chi connectivity index (χ1n) is 8.20. The summed E-state index contributed by atoms with van der Waals surface area (Å²) in [5.74, 6) is 1.97. The molecule has 21 heavy (non-hydrogen) atoms. The van der Waals surface area contributed by atoms with Crippen LogP contribution in [0.3, 0.4) is 0 Å². The second kappa shape index (κ2) is 6.44. The minimum absolute atomic E-state index is 0.596. The van der Waals surface area contributed by atoms with Crippen LogP contribution in [0.5, 0.6) is 0 Å². The van der Waals surface area contributed by atoms with Gasteiger partial charge >= 0.3 is 0 Å². The van der Waals surface area contributed by atoms with Crippen LogP contribution in [0.4, 0.5) is 0 Å². The zero-order valence-corrected chi connectivity index (χ0v) is 13.0. The molecule has 2 aromatic carbocycles. The van der Waals surface area contributed by atoms with E-state index >= 15 is 0 Å². The van der Waals surface area contributed by atoms with Crippen molar-refractivity contribution in [2.75, 3.05) is 6.54 Å². The summed E-state index contributed by atoms with van der Waals surface area (Å²) in [7, 11) is 0. The molecule has 0 bridgehead atoms. The van der Waals surface area contributed by atoms with E-state index in [-0.39, 0.29) is 0 Å². The highest BCUT2D eigenvalue weighted by atomic mass is 15.0. The normalized spacial score (nSPS) is 28.1. The van der Waals surface area contributed by atoms with Gasteiger partial charge in [0.2, 0.25) is 0 Å². The summed E-state index contributed by atoms with van der Waals surface area (Å²) in [5.41, 5.74) is 2.97. The molecule has 0 aromatic heterocycles. The van der Waals surface area contributed by atoms with E-state index in [1.807, 2.05) is 0 Å². The van der Waals surface area contributed by atoms with Gasteiger partial charge in [-0.25, -0.2) is 0 Å². The standard InChI is InChI=1S/C20H25N/c1-3-17-18(15-11-7-5-8-12-15)19(20(17)21-4-2)16-13-9-6-10-14-16/h5-14,17-21H,3-4H2,1-2H3. The van der Waals surface area contributed by atoms with Crippen molar-refractivity contribution in [3.05, 3.63) is 71.8 Å². The number of rotatable bonds is 5. The van der Waals surface area contributed by atoms with Crippen LogP contribution < -0.4 is 5.32 Å². The zero-order chi connectivity index (χ0) is 14.7. The zero-order valence-electron chi connectivity index (χ0n) is 13.0. The minimum Gasteiger partial charge on any atom is -0.313 e. The molecular weight excluding hydrogens is 254 g/mol. The first-order valence-corrected chi connectivity index (χ1v) is 8.20. The fourth-order valence-corrected chi connectivity index (χ4v) is 4.08. The van der Waals surface area contributed by atoms with Gasteiger partial charge in [0.05, 0.1) is 0 Å². The summed E-state index contributed by atoms with van der Waals surface area (Å²) < 4.78 is 0. The lowest BCUT2D eigenvalue weighted by atomic mass is 9.55. The van der Waals surface area contributed by atoms with Crippen molar-refractivity contribution in [1.29, 1.82) is 0 Å². The molecule has 1 aliphatic carbocycles. The van der Waals surface area contributed by atoms with Crippen molar-refractivity contribution in [2.24, 2.45) is 5.92 Å². The molecule has 1 fully saturated rings. The van der Waals surface area contributed by atoms with E-state index in [0.717, 1.165) is 12.5 Å². The summed E-state index contributed by atoms with van der Waals surface area (Å²) >= 11 is 0. The van der Waals surface area contributed by atoms with Gasteiger partial charge in [0.1, 0.15) is 0 Å². The Labute approximate surface area is 128 Å². The third-order valence-electron chi connectivity index (χ3n) is 4.98. The summed E-state index contributed by atoms with van der Waals surface area (Å²) in [6, 6.07) is 22.7. The van der Waals surface area contributed by atoms with Crippen LogP contribution in [0.25, 0.3) is 0 Å². The van der Waals surface area contributed by atoms with Crippen molar-refractivity contribution in [3.63, 3.8) is 0 Å². The number of nitrogens with one attached hydrogen (secondary N) is 1. The lowest BCUT2D eigenvalue weighted by Gasteiger charge is -2.53. The van der Waals surface area contributed by atoms with Crippen LogP contribution in [0.1, 0.15) is 43.2 Å². The van der Waals surface area contributed by atoms with Crippen LogP contribution in [0, 0.1) is 5.92 Å². The van der Waals surface area contributed by atoms with E-state index in [9.17, 15) is 0 Å². The smallest absolute Gasteiger partial charge is 0.0176 e. The maximum absolute atomic E-state index is 3.73. The molecule has 3 rings (SSSR count). The predicted molar refractivity (Wildman–Crippen MR) is 89.6 cm³/mol. The number of hydrogen-bond donors (Lipinski definition) is 1. The van der Waals surface area contributed by atoms with Gasteiger partial charge in [-0.2, -0.15) is 0 Å². The van der Waals surface area contributed by atoms with Gasteiger partial charge in [-0.1, -0.05) is 80.9 Å². The molecule has 1 N–H and O–H groups in total. The van der Waals surface area contributed by atoms with Crippen molar-refractivity contribution in [3.8, 4) is 0 Å². The maximum atomic E-state index is 3.73. The van der Waals surface area contributed by atoms with Crippen LogP contribution >= 0.6 is 0 Å². The van der Waals surface area contributed by atoms with Crippen molar-refractivity contribution in [1.82, 2.24) is 5.32 Å². The molecule has 0 aliphatic heterocycles. The molecule has 1 heteroatoms. The Kier molecular flexibility index (Phi) is 4.40. The second-order valence-corrected chi connectivity index (χ2v) is 6.03. The van der Waals surface area contributed by atoms with E-state index < -0.39 is 0 Å². The molecule has 4 atom stereocenters. The summed E-state index contributed by atoms with van der Waals surface area (Å²) in [6.07, 6.45) is 1.24. The van der Waals surface area contributed by atoms with E-state index in [4.69, 9.17) is 0 Å². The fraction of sp³-hybridized carbons (Fsp3) is 0.400. The monoisotopic (exact) mass is 279 g/mol. The third kappa shape index (κ3) is 2.63. The summed E-state index contributed by atoms with van der Waals surface area (Å²) in [5, 5.41) is 3.73. The molecule has 1 saturated carbocycles. The first kappa shape index (κ1) is 14.3. The Morgan fingerprint density at radius 2 is 1.29 bits per heavy atom. The Hall–Kier alpha value is -1.60. The molecule has 1 nitrogen and oxygen atoms in total. The van der Waals surface area contributed by atoms with Gasteiger partial charge in [0.25, 0.3) is 0 Å². The topological polar surface area (TPSA) is 12.0 Å². The fourth-order valence-electron chi connectivity index (χ4n) is 4.08. The van der Waals surface area contributed by atoms with E-state index in [1.54, 1.807) is 0 Å². The van der Waals surface area contributed by atoms with Gasteiger partial charge in [-0.05, 0) is 29.5 Å². The molecule has 0 spiro atoms. The van der Waals surface area contributed by atoms with E-state index in [1.165, 1.54) is 17.5 Å². The SMILES string of the molecule is CCNC1C(CC)C(c2ccccc2)C1c1ccccc1. The van der Waals surface area contributed by atoms with Crippen LogP contribution in [0.2, 0.25) is 0 Å². The highest BCUT2D eigenvalue weighted by Crippen LogP contribution is 2.54. The van der Waals surface area contributed by atoms with Crippen molar-refractivity contribution in [2.45, 2.75) is 38.1 Å². The van der Waals surface area contributed by atoms with E-state index in [2.05, 4.69) is 79.8 Å². The highest BCUT2D eigenvalue weighted by Gasteiger charge is 2.49. The van der Waals surface area contributed by atoms with Gasteiger partial charge in [0, 0.05) is 12.0 Å². The number of hydrogen-bond acceptors (Lipinski definition) is 1. The highest BCUT2D eigenvalue weighted by molar-refractivity contribution is 5.36. The largest absolute Gasteiger partial charge is 0.313 e. The molecule has 0 amide bonds. The summed E-state index contributed by atoms with van der Waals surface area (Å²) in [4.78, 5) is 0. The number of benzene rings is 2. The van der Waals surface area contributed by atoms with Gasteiger partial charge in [-0.3, -0.25) is 0 Å². The molecule has 1 aliphatic rings. The molecule has 110 valence electrons. The third-order valence-corrected chi connectivity index (χ3v) is 4.98. The van der Waals surface area contributed by atoms with E-state index in [0.29, 0.717) is 17.9 Å². The van der Waals surface area contributed by atoms with Gasteiger partial charge in [-0.15, -0.1) is 0 Å². The molecule has 4 unspecified atom stereocenters. The average molecular weight is 279 g/mol. The van der Waals surface area contributed by atoms with Crippen LogP contribution in [-0.4, -0.2) is 12.6 Å². The van der Waals surface area contributed by atoms with Crippen LogP contribution in [-0.2, 0) is 0 Å². The van der Waals surface area contributed by atoms with Crippen molar-refractivity contribution < 1.29 is 0 Å². The molecular formula is C20H25N. The van der Waals surface area contributed by atoms with Gasteiger partial charge < -0.3 is 5.32 Å². The molecule has 0 radical (unpaired) electrons. The quantitative estimate of drug-likeness (QED) is 0.845.